The number of nitrogen functional groups attached to an aromatic ring is 1. The topological polar surface area (TPSA) is 153 Å². The van der Waals surface area contributed by atoms with Crippen molar-refractivity contribution < 1.29 is 23.9 Å². The summed E-state index contributed by atoms with van der Waals surface area (Å²) >= 11 is 1.12. The maximum Gasteiger partial charge on any atom is 0.352 e. The van der Waals surface area contributed by atoms with Crippen LogP contribution in [0.3, 0.4) is 0 Å². The quantitative estimate of drug-likeness (QED) is 0.413. The number of hydrogen-bond donors (Lipinski definition) is 4. The number of rotatable bonds is 7. The molecule has 3 aromatic rings. The van der Waals surface area contributed by atoms with Gasteiger partial charge in [0.1, 0.15) is 11.5 Å². The molecule has 0 fully saturated rings. The lowest BCUT2D eigenvalue weighted by atomic mass is 9.86. The number of benzene rings is 1. The Labute approximate surface area is 174 Å². The summed E-state index contributed by atoms with van der Waals surface area (Å²) in [6.45, 7) is 1.42. The lowest BCUT2D eigenvalue weighted by Gasteiger charge is -2.33. The van der Waals surface area contributed by atoms with E-state index in [0.29, 0.717) is 4.88 Å². The van der Waals surface area contributed by atoms with Gasteiger partial charge in [-0.25, -0.2) is 14.2 Å². The van der Waals surface area contributed by atoms with E-state index in [-0.39, 0.29) is 28.5 Å². The summed E-state index contributed by atoms with van der Waals surface area (Å²) in [5.74, 6) is -4.53. The van der Waals surface area contributed by atoms with Crippen LogP contribution in [-0.4, -0.2) is 32.4 Å². The summed E-state index contributed by atoms with van der Waals surface area (Å²) in [5, 5.41) is 12.5. The summed E-state index contributed by atoms with van der Waals surface area (Å²) < 4.78 is 15.7. The fourth-order valence-electron chi connectivity index (χ4n) is 3.26. The molecule has 0 spiro atoms. The van der Waals surface area contributed by atoms with Gasteiger partial charge in [-0.2, -0.15) is 0 Å². The number of carboxylic acids is 1. The van der Waals surface area contributed by atoms with Crippen molar-refractivity contribution in [2.24, 2.45) is 5.73 Å². The SMILES string of the molecule is Cc1ccn([C@@](C(N)=O)(C(=O)NCc2cnc(N)s2)c2ccccc2F)c1C(=O)O. The minimum absolute atomic E-state index is 0.0696. The standard InChI is InChI=1S/C19H18FN5O4S/c1-10-6-7-25(14(10)15(26)27)19(16(21)28,12-4-2-3-5-13(12)20)17(29)23-8-11-9-24-18(22)30-11/h2-7,9H,8H2,1H3,(H2,21,28)(H2,22,24)(H,23,29)(H,26,27)/t19-/m0/s1. The van der Waals surface area contributed by atoms with Crippen molar-refractivity contribution in [1.82, 2.24) is 14.9 Å². The number of aryl methyl sites for hydroxylation is 1. The molecule has 9 nitrogen and oxygen atoms in total. The molecule has 0 saturated carbocycles. The lowest BCUT2D eigenvalue weighted by Crippen LogP contribution is -2.58. The Morgan fingerprint density at radius 2 is 2.00 bits per heavy atom. The molecule has 0 radical (unpaired) electrons. The molecule has 0 unspecified atom stereocenters. The fraction of sp³-hybridized carbons (Fsp3) is 0.158. The second kappa shape index (κ2) is 7.95. The zero-order valence-corrected chi connectivity index (χ0v) is 16.6. The highest BCUT2D eigenvalue weighted by Crippen LogP contribution is 2.32. The third-order valence-electron chi connectivity index (χ3n) is 4.60. The summed E-state index contributed by atoms with van der Waals surface area (Å²) in [6.07, 6.45) is 2.66. The van der Waals surface area contributed by atoms with E-state index in [1.807, 2.05) is 0 Å². The van der Waals surface area contributed by atoms with Gasteiger partial charge < -0.3 is 26.5 Å². The van der Waals surface area contributed by atoms with E-state index in [1.54, 1.807) is 0 Å². The molecular weight excluding hydrogens is 413 g/mol. The Morgan fingerprint density at radius 3 is 2.57 bits per heavy atom. The van der Waals surface area contributed by atoms with E-state index in [0.717, 1.165) is 22.0 Å². The average Bonchev–Trinajstić information content (AvgIpc) is 3.27. The molecule has 30 heavy (non-hydrogen) atoms. The number of nitrogens with one attached hydrogen (secondary N) is 1. The van der Waals surface area contributed by atoms with Crippen molar-refractivity contribution in [2.75, 3.05) is 5.73 Å². The van der Waals surface area contributed by atoms with Crippen LogP contribution in [0.4, 0.5) is 9.52 Å². The predicted octanol–water partition coefficient (Wildman–Crippen LogP) is 1.22. The first kappa shape index (κ1) is 21.0. The van der Waals surface area contributed by atoms with E-state index in [4.69, 9.17) is 11.5 Å². The summed E-state index contributed by atoms with van der Waals surface area (Å²) in [5.41, 5.74) is 8.27. The van der Waals surface area contributed by atoms with Crippen LogP contribution in [-0.2, 0) is 21.7 Å². The Balaban J connectivity index is 2.22. The second-order valence-corrected chi connectivity index (χ2v) is 7.57. The van der Waals surface area contributed by atoms with Crippen LogP contribution in [0.15, 0.2) is 42.7 Å². The molecule has 1 aromatic carbocycles. The molecule has 2 aromatic heterocycles. The van der Waals surface area contributed by atoms with Gasteiger partial charge in [-0.1, -0.05) is 18.2 Å². The van der Waals surface area contributed by atoms with Gasteiger partial charge in [0, 0.05) is 22.8 Å². The maximum atomic E-state index is 14.8. The van der Waals surface area contributed by atoms with Crippen LogP contribution < -0.4 is 16.8 Å². The van der Waals surface area contributed by atoms with Crippen molar-refractivity contribution in [3.05, 3.63) is 70.2 Å². The number of nitrogens with two attached hydrogens (primary N) is 2. The van der Waals surface area contributed by atoms with Gasteiger partial charge in [0.15, 0.2) is 5.13 Å². The van der Waals surface area contributed by atoms with Gasteiger partial charge in [-0.3, -0.25) is 9.59 Å². The number of aromatic nitrogens is 2. The van der Waals surface area contributed by atoms with Gasteiger partial charge in [-0.15, -0.1) is 11.3 Å². The van der Waals surface area contributed by atoms with Crippen LogP contribution >= 0.6 is 11.3 Å². The van der Waals surface area contributed by atoms with Gasteiger partial charge in [-0.05, 0) is 24.6 Å². The minimum Gasteiger partial charge on any atom is -0.477 e. The van der Waals surface area contributed by atoms with Gasteiger partial charge in [0.25, 0.3) is 11.8 Å². The number of carbonyl (C=O) groups excluding carboxylic acids is 2. The largest absolute Gasteiger partial charge is 0.477 e. The Kier molecular flexibility index (Phi) is 5.56. The van der Waals surface area contributed by atoms with Crippen LogP contribution in [0.1, 0.15) is 26.5 Å². The van der Waals surface area contributed by atoms with Crippen molar-refractivity contribution in [3.8, 4) is 0 Å². The first-order valence-electron chi connectivity index (χ1n) is 8.64. The Morgan fingerprint density at radius 1 is 1.30 bits per heavy atom. The third kappa shape index (κ3) is 3.39. The number of nitrogens with zero attached hydrogens (tertiary/aromatic N) is 2. The van der Waals surface area contributed by atoms with Crippen molar-refractivity contribution in [2.45, 2.75) is 19.0 Å². The third-order valence-corrected chi connectivity index (χ3v) is 5.42. The summed E-state index contributed by atoms with van der Waals surface area (Å²) in [7, 11) is 0. The summed E-state index contributed by atoms with van der Waals surface area (Å²) in [4.78, 5) is 42.5. The number of carbonyl (C=O) groups is 3. The summed E-state index contributed by atoms with van der Waals surface area (Å²) in [6, 6.07) is 6.47. The molecule has 6 N–H and O–H groups in total. The number of aromatic carboxylic acids is 1. The van der Waals surface area contributed by atoms with E-state index in [9.17, 15) is 23.9 Å². The number of primary amides is 1. The van der Waals surface area contributed by atoms with Crippen LogP contribution in [0.5, 0.6) is 0 Å². The molecular formula is C19H18FN5O4S. The van der Waals surface area contributed by atoms with Crippen LogP contribution in [0.2, 0.25) is 0 Å². The average molecular weight is 431 g/mol. The number of anilines is 1. The molecule has 2 heterocycles. The minimum atomic E-state index is -2.48. The number of amides is 2. The molecule has 0 aliphatic carbocycles. The van der Waals surface area contributed by atoms with Gasteiger partial charge in [0.05, 0.1) is 6.54 Å². The zero-order chi connectivity index (χ0) is 22.1. The Bertz CT molecular complexity index is 1140. The van der Waals surface area contributed by atoms with Gasteiger partial charge >= 0.3 is 5.97 Å². The smallest absolute Gasteiger partial charge is 0.352 e. The maximum absolute atomic E-state index is 14.8. The van der Waals surface area contributed by atoms with E-state index < -0.39 is 29.1 Å². The molecule has 1 atom stereocenters. The van der Waals surface area contributed by atoms with Crippen LogP contribution in [0, 0.1) is 12.7 Å². The molecule has 156 valence electrons. The highest BCUT2D eigenvalue weighted by atomic mass is 32.1. The normalized spacial score (nSPS) is 12.9. The van der Waals surface area contributed by atoms with E-state index in [2.05, 4.69) is 10.3 Å². The number of hydrogen-bond acceptors (Lipinski definition) is 6. The molecule has 0 aliphatic heterocycles. The predicted molar refractivity (Wildman–Crippen MR) is 107 cm³/mol. The lowest BCUT2D eigenvalue weighted by molar-refractivity contribution is -0.138. The first-order valence-corrected chi connectivity index (χ1v) is 9.46. The molecule has 3 rings (SSSR count). The Hall–Kier alpha value is -3.73. The second-order valence-electron chi connectivity index (χ2n) is 6.42. The molecule has 0 saturated heterocycles. The van der Waals surface area contributed by atoms with Crippen LogP contribution in [0.25, 0.3) is 0 Å². The molecule has 0 bridgehead atoms. The molecule has 11 heteroatoms. The number of halogens is 1. The number of thiazole rings is 1. The highest BCUT2D eigenvalue weighted by molar-refractivity contribution is 7.15. The number of carboxylic acid groups (broad SMARTS) is 1. The monoisotopic (exact) mass is 431 g/mol. The molecule has 0 aliphatic rings. The highest BCUT2D eigenvalue weighted by Gasteiger charge is 2.51. The fourth-order valence-corrected chi connectivity index (χ4v) is 3.88. The molecule has 2 amide bonds. The van der Waals surface area contributed by atoms with Gasteiger partial charge in [0.2, 0.25) is 5.54 Å². The van der Waals surface area contributed by atoms with E-state index >= 15 is 0 Å². The van der Waals surface area contributed by atoms with Crippen molar-refractivity contribution in [3.63, 3.8) is 0 Å². The van der Waals surface area contributed by atoms with E-state index in [1.165, 1.54) is 43.6 Å². The van der Waals surface area contributed by atoms with Crippen molar-refractivity contribution in [1.29, 1.82) is 0 Å². The van der Waals surface area contributed by atoms with Crippen molar-refractivity contribution >= 4 is 34.3 Å². The first-order chi connectivity index (χ1) is 14.2. The zero-order valence-electron chi connectivity index (χ0n) is 15.8.